The van der Waals surface area contributed by atoms with Gasteiger partial charge in [-0.25, -0.2) is 19.2 Å². The molecule has 3 rings (SSSR count). The van der Waals surface area contributed by atoms with Crippen molar-refractivity contribution in [1.29, 1.82) is 0 Å². The molecule has 3 aromatic rings. The van der Waals surface area contributed by atoms with Crippen molar-refractivity contribution >= 4 is 23.9 Å². The number of unbranched alkanes of at least 4 members (excludes halogenated alkanes) is 34. The molecule has 10 nitrogen and oxygen atoms in total. The normalized spacial score (nSPS) is 11.1. The Morgan fingerprint density at radius 1 is 0.312 bits per heavy atom. The van der Waals surface area contributed by atoms with E-state index in [2.05, 4.69) is 13.2 Å². The Morgan fingerprint density at radius 2 is 0.512 bits per heavy atom. The van der Waals surface area contributed by atoms with Crippen LogP contribution in [0.1, 0.15) is 252 Å². The van der Waals surface area contributed by atoms with Gasteiger partial charge in [0.05, 0.1) is 37.6 Å². The first-order chi connectivity index (χ1) is 39.0. The fourth-order valence-electron chi connectivity index (χ4n) is 9.36. The van der Waals surface area contributed by atoms with Gasteiger partial charge in [0, 0.05) is 12.2 Å². The molecule has 0 bridgehead atoms. The molecule has 0 atom stereocenters. The van der Waals surface area contributed by atoms with Gasteiger partial charge in [0.2, 0.25) is 34.8 Å². The fourth-order valence-corrected chi connectivity index (χ4v) is 9.36. The van der Waals surface area contributed by atoms with Crippen molar-refractivity contribution in [2.45, 2.75) is 231 Å². The maximum atomic E-state index is 15.1. The van der Waals surface area contributed by atoms with E-state index >= 15 is 17.6 Å². The lowest BCUT2D eigenvalue weighted by Crippen LogP contribution is -2.16. The molecule has 0 heterocycles. The molecule has 0 aliphatic heterocycles. The van der Waals surface area contributed by atoms with Crippen LogP contribution in [0.3, 0.4) is 0 Å². The Morgan fingerprint density at radius 3 is 0.725 bits per heavy atom. The van der Waals surface area contributed by atoms with Crippen LogP contribution in [0.25, 0.3) is 0 Å². The number of ether oxygens (including phenoxy) is 6. The topological polar surface area (TPSA) is 124 Å². The highest BCUT2D eigenvalue weighted by atomic mass is 19.2. The summed E-state index contributed by atoms with van der Waals surface area (Å²) in [6.07, 6.45) is 45.4. The van der Waals surface area contributed by atoms with E-state index in [4.69, 9.17) is 28.4 Å². The molecular formula is C66H94F4O10. The van der Waals surface area contributed by atoms with Crippen molar-refractivity contribution in [2.75, 3.05) is 26.4 Å². The van der Waals surface area contributed by atoms with Crippen LogP contribution in [0.5, 0.6) is 23.0 Å². The second kappa shape index (κ2) is 45.0. The first-order valence-corrected chi connectivity index (χ1v) is 30.4. The third-order valence-corrected chi connectivity index (χ3v) is 14.2. The zero-order chi connectivity index (χ0) is 57.7. The monoisotopic (exact) mass is 1120 g/mol. The molecule has 0 aromatic heterocycles. The molecule has 0 radical (unpaired) electrons. The Balaban J connectivity index is 1.18. The van der Waals surface area contributed by atoms with Crippen molar-refractivity contribution in [3.05, 3.63) is 108 Å². The minimum Gasteiger partial charge on any atom is -0.494 e. The van der Waals surface area contributed by atoms with Crippen LogP contribution in [-0.4, -0.2) is 50.3 Å². The summed E-state index contributed by atoms with van der Waals surface area (Å²) >= 11 is 0. The van der Waals surface area contributed by atoms with E-state index in [0.717, 1.165) is 64.2 Å². The quantitative estimate of drug-likeness (QED) is 0.0135. The van der Waals surface area contributed by atoms with E-state index in [1.807, 2.05) is 0 Å². The lowest BCUT2D eigenvalue weighted by molar-refractivity contribution is -0.138. The zero-order valence-corrected chi connectivity index (χ0v) is 48.1. The summed E-state index contributed by atoms with van der Waals surface area (Å²) in [5.74, 6) is -13.7. The van der Waals surface area contributed by atoms with Crippen LogP contribution >= 0.6 is 0 Å². The smallest absolute Gasteiger partial charge is 0.343 e. The molecule has 14 heteroatoms. The number of carbonyl (C=O) groups is 4. The average molecular weight is 1120 g/mol. The van der Waals surface area contributed by atoms with Gasteiger partial charge in [-0.1, -0.05) is 219 Å². The second-order valence-electron chi connectivity index (χ2n) is 20.9. The van der Waals surface area contributed by atoms with E-state index in [1.165, 1.54) is 228 Å². The van der Waals surface area contributed by atoms with Gasteiger partial charge in [-0.15, -0.1) is 0 Å². The largest absolute Gasteiger partial charge is 0.494 e. The Kier molecular flexibility index (Phi) is 38.6. The molecule has 0 spiro atoms. The van der Waals surface area contributed by atoms with Gasteiger partial charge in [0.25, 0.3) is 0 Å². The highest BCUT2D eigenvalue weighted by Crippen LogP contribution is 2.36. The standard InChI is InChI=1S/C66H94F4O10/c1-3-57(71)77-51-39-35-31-27-23-19-15-11-7-5-9-13-17-21-25-29-33-37-49-75-55-45-41-53(42-46-55)65(73)79-63-59(67)61(69)64(62(70)60(63)68)80-66(74)54-43-47-56(48-44-54)76-50-38-34-30-26-22-18-14-10-6-8-12-16-20-24-28-32-36-40-52-78-58(72)4-2/h3-4,41-48H,1-2,5-40,49-52H2. The molecule has 0 fully saturated rings. The van der Waals surface area contributed by atoms with E-state index < -0.39 is 46.7 Å². The third-order valence-electron chi connectivity index (χ3n) is 14.2. The summed E-state index contributed by atoms with van der Waals surface area (Å²) in [4.78, 5) is 47.6. The fraction of sp³-hybridized carbons (Fsp3) is 0.606. The number of hydrogen-bond donors (Lipinski definition) is 0. The van der Waals surface area contributed by atoms with Crippen LogP contribution in [0.15, 0.2) is 73.8 Å². The van der Waals surface area contributed by atoms with Crippen molar-refractivity contribution in [1.82, 2.24) is 0 Å². The van der Waals surface area contributed by atoms with Gasteiger partial charge in [-0.2, -0.15) is 17.6 Å². The average Bonchev–Trinajstić information content (AvgIpc) is 3.50. The van der Waals surface area contributed by atoms with Crippen LogP contribution in [0.4, 0.5) is 17.6 Å². The highest BCUT2D eigenvalue weighted by molar-refractivity contribution is 5.92. The number of carbonyl (C=O) groups excluding carboxylic acids is 4. The molecule has 0 amide bonds. The minimum absolute atomic E-state index is 0.143. The van der Waals surface area contributed by atoms with Crippen molar-refractivity contribution < 1.29 is 65.2 Å². The first kappa shape index (κ1) is 68.6. The number of benzene rings is 3. The molecule has 446 valence electrons. The van der Waals surface area contributed by atoms with E-state index in [9.17, 15) is 19.2 Å². The predicted molar refractivity (Wildman–Crippen MR) is 309 cm³/mol. The van der Waals surface area contributed by atoms with Crippen molar-refractivity contribution in [3.8, 4) is 23.0 Å². The second-order valence-corrected chi connectivity index (χ2v) is 20.9. The van der Waals surface area contributed by atoms with Crippen LogP contribution in [-0.2, 0) is 19.1 Å². The summed E-state index contributed by atoms with van der Waals surface area (Å²) in [5.41, 5.74) is -0.287. The molecule has 0 N–H and O–H groups in total. The number of rotatable bonds is 50. The van der Waals surface area contributed by atoms with E-state index in [-0.39, 0.29) is 23.1 Å². The molecule has 0 saturated carbocycles. The summed E-state index contributed by atoms with van der Waals surface area (Å²) in [5, 5.41) is 0. The maximum absolute atomic E-state index is 15.1. The highest BCUT2D eigenvalue weighted by Gasteiger charge is 2.31. The molecule has 0 aliphatic carbocycles. The molecule has 0 saturated heterocycles. The minimum atomic E-state index is -2.04. The van der Waals surface area contributed by atoms with Crippen molar-refractivity contribution in [2.24, 2.45) is 0 Å². The van der Waals surface area contributed by atoms with Gasteiger partial charge < -0.3 is 28.4 Å². The summed E-state index contributed by atoms with van der Waals surface area (Å²) < 4.78 is 91.4. The molecule has 80 heavy (non-hydrogen) atoms. The van der Waals surface area contributed by atoms with Gasteiger partial charge in [-0.05, 0) is 74.2 Å². The lowest BCUT2D eigenvalue weighted by atomic mass is 10.0. The van der Waals surface area contributed by atoms with Gasteiger partial charge in [-0.3, -0.25) is 0 Å². The first-order valence-electron chi connectivity index (χ1n) is 30.4. The summed E-state index contributed by atoms with van der Waals surface area (Å²) in [6.45, 7) is 8.70. The number of esters is 4. The number of hydrogen-bond acceptors (Lipinski definition) is 10. The van der Waals surface area contributed by atoms with Crippen LogP contribution < -0.4 is 18.9 Å². The molecular weight excluding hydrogens is 1030 g/mol. The van der Waals surface area contributed by atoms with Gasteiger partial charge >= 0.3 is 23.9 Å². The van der Waals surface area contributed by atoms with Crippen LogP contribution in [0, 0.1) is 23.3 Å². The predicted octanol–water partition coefficient (Wildman–Crippen LogP) is 18.9. The SMILES string of the molecule is C=CC(=O)OCCCCCCCCCCCCCCCCCCCCOc1ccc(C(=O)Oc2c(F)c(F)c(OC(=O)c3ccc(OCCCCCCCCCCCCCCCCCCCCOC(=O)C=C)cc3)c(F)c2F)cc1. The van der Waals surface area contributed by atoms with E-state index in [0.29, 0.717) is 37.9 Å². The maximum Gasteiger partial charge on any atom is 0.343 e. The third kappa shape index (κ3) is 31.4. The molecule has 0 aliphatic rings. The summed E-state index contributed by atoms with van der Waals surface area (Å²) in [7, 11) is 0. The zero-order valence-electron chi connectivity index (χ0n) is 48.1. The Labute approximate surface area is 476 Å². The summed E-state index contributed by atoms with van der Waals surface area (Å²) in [6, 6.07) is 11.2. The Hall–Kier alpha value is -5.66. The number of halogens is 4. The van der Waals surface area contributed by atoms with Gasteiger partial charge in [0.15, 0.2) is 0 Å². The van der Waals surface area contributed by atoms with Gasteiger partial charge in [0.1, 0.15) is 11.5 Å². The van der Waals surface area contributed by atoms with Crippen molar-refractivity contribution in [3.63, 3.8) is 0 Å². The molecule has 3 aromatic carbocycles. The van der Waals surface area contributed by atoms with E-state index in [1.54, 1.807) is 0 Å². The lowest BCUT2D eigenvalue weighted by Gasteiger charge is -2.13. The Bertz CT molecular complexity index is 2000. The van der Waals surface area contributed by atoms with Crippen LogP contribution in [0.2, 0.25) is 0 Å². The molecule has 0 unspecified atom stereocenters.